The van der Waals surface area contributed by atoms with Gasteiger partial charge < -0.3 is 5.73 Å². The van der Waals surface area contributed by atoms with E-state index in [1.54, 1.807) is 18.2 Å². The topological polar surface area (TPSA) is 65.1 Å². The minimum absolute atomic E-state index is 0.209. The molecule has 1 heterocycles. The first-order valence-electron chi connectivity index (χ1n) is 4.09. The van der Waals surface area contributed by atoms with Crippen molar-refractivity contribution >= 4 is 23.2 Å². The van der Waals surface area contributed by atoms with Gasteiger partial charge in [-0.15, -0.1) is 0 Å². The minimum Gasteiger partial charge on any atom is -0.364 e. The first-order chi connectivity index (χ1) is 6.74. The Labute approximate surface area is 79.9 Å². The van der Waals surface area contributed by atoms with E-state index in [0.717, 1.165) is 5.39 Å². The van der Waals surface area contributed by atoms with Gasteiger partial charge in [-0.3, -0.25) is 14.2 Å². The Bertz CT molecular complexity index is 514. The van der Waals surface area contributed by atoms with Crippen molar-refractivity contribution in [1.29, 1.82) is 0 Å². The Morgan fingerprint density at radius 3 is 2.71 bits per heavy atom. The van der Waals surface area contributed by atoms with Gasteiger partial charge in [-0.1, -0.05) is 18.2 Å². The maximum Gasteiger partial charge on any atom is 0.265 e. The Hall–Kier alpha value is -2.10. The standard InChI is InChI=1S/C10H8N2O2/c11-10(14)9-5-7-3-1-2-4-8(7)12(9)6-13/h1-6H,(H2,11,14). The summed E-state index contributed by atoms with van der Waals surface area (Å²) >= 11 is 0. The summed E-state index contributed by atoms with van der Waals surface area (Å²) in [5.41, 5.74) is 6.04. The Kier molecular flexibility index (Phi) is 1.81. The molecule has 2 aromatic rings. The molecular formula is C10H8N2O2. The number of nitrogens with zero attached hydrogens (tertiary/aromatic N) is 1. The first kappa shape index (κ1) is 8.50. The lowest BCUT2D eigenvalue weighted by atomic mass is 10.2. The number of nitrogens with two attached hydrogens (primary N) is 1. The molecule has 0 saturated carbocycles. The van der Waals surface area contributed by atoms with Gasteiger partial charge in [0.05, 0.1) is 5.52 Å². The number of rotatable bonds is 2. The summed E-state index contributed by atoms with van der Waals surface area (Å²) in [5, 5.41) is 0.827. The highest BCUT2D eigenvalue weighted by Crippen LogP contribution is 2.17. The van der Waals surface area contributed by atoms with Gasteiger partial charge in [0.1, 0.15) is 5.69 Å². The SMILES string of the molecule is NC(=O)c1cc2ccccc2n1C=O. The predicted octanol–water partition coefficient (Wildman–Crippen LogP) is 0.778. The first-order valence-corrected chi connectivity index (χ1v) is 4.09. The molecule has 0 spiro atoms. The monoisotopic (exact) mass is 188 g/mol. The van der Waals surface area contributed by atoms with Crippen molar-refractivity contribution in [3.8, 4) is 0 Å². The number of hydrogen-bond acceptors (Lipinski definition) is 2. The summed E-state index contributed by atoms with van der Waals surface area (Å²) in [4.78, 5) is 21.8. The van der Waals surface area contributed by atoms with Crippen LogP contribution in [0, 0.1) is 0 Å². The summed E-state index contributed by atoms with van der Waals surface area (Å²) in [6.45, 7) is 0. The molecule has 0 saturated heterocycles. The molecule has 14 heavy (non-hydrogen) atoms. The van der Waals surface area contributed by atoms with Gasteiger partial charge in [0.2, 0.25) is 6.41 Å². The third kappa shape index (κ3) is 1.08. The Morgan fingerprint density at radius 1 is 1.36 bits per heavy atom. The highest BCUT2D eigenvalue weighted by molar-refractivity contribution is 6.01. The largest absolute Gasteiger partial charge is 0.364 e. The summed E-state index contributed by atoms with van der Waals surface area (Å²) in [6.07, 6.45) is 0.586. The van der Waals surface area contributed by atoms with Crippen LogP contribution >= 0.6 is 0 Å². The number of primary amides is 1. The van der Waals surface area contributed by atoms with Crippen molar-refractivity contribution in [2.24, 2.45) is 5.73 Å². The van der Waals surface area contributed by atoms with Gasteiger partial charge in [-0.2, -0.15) is 0 Å². The number of amides is 1. The van der Waals surface area contributed by atoms with Crippen molar-refractivity contribution in [2.45, 2.75) is 0 Å². The zero-order chi connectivity index (χ0) is 10.1. The number of carbonyl (C=O) groups excluding carboxylic acids is 2. The fraction of sp³-hybridized carbons (Fsp3) is 0. The smallest absolute Gasteiger partial charge is 0.265 e. The lowest BCUT2D eigenvalue weighted by molar-refractivity contribution is 0.0994. The van der Waals surface area contributed by atoms with E-state index < -0.39 is 5.91 Å². The summed E-state index contributed by atoms with van der Waals surface area (Å²) in [6, 6.07) is 8.82. The molecule has 1 amide bonds. The van der Waals surface area contributed by atoms with Crippen molar-refractivity contribution < 1.29 is 9.59 Å². The maximum absolute atomic E-state index is 11.0. The van der Waals surface area contributed by atoms with E-state index in [9.17, 15) is 9.59 Å². The quantitative estimate of drug-likeness (QED) is 0.707. The van der Waals surface area contributed by atoms with Crippen molar-refractivity contribution in [1.82, 2.24) is 4.57 Å². The molecule has 70 valence electrons. The van der Waals surface area contributed by atoms with E-state index in [-0.39, 0.29) is 5.69 Å². The fourth-order valence-corrected chi connectivity index (χ4v) is 1.48. The van der Waals surface area contributed by atoms with Crippen LogP contribution in [0.4, 0.5) is 0 Å². The van der Waals surface area contributed by atoms with Gasteiger partial charge in [-0.05, 0) is 12.1 Å². The van der Waals surface area contributed by atoms with Crippen LogP contribution in [0.2, 0.25) is 0 Å². The van der Waals surface area contributed by atoms with Gasteiger partial charge in [0.25, 0.3) is 5.91 Å². The molecule has 0 atom stereocenters. The van der Waals surface area contributed by atoms with Crippen LogP contribution in [0.3, 0.4) is 0 Å². The number of hydrogen-bond donors (Lipinski definition) is 1. The fourth-order valence-electron chi connectivity index (χ4n) is 1.48. The van der Waals surface area contributed by atoms with Crippen LogP contribution in [-0.2, 0) is 4.79 Å². The lowest BCUT2D eigenvalue weighted by Crippen LogP contribution is -2.16. The molecule has 0 aliphatic rings. The van der Waals surface area contributed by atoms with E-state index >= 15 is 0 Å². The van der Waals surface area contributed by atoms with Gasteiger partial charge in [0, 0.05) is 5.39 Å². The second kappa shape index (κ2) is 2.99. The summed E-state index contributed by atoms with van der Waals surface area (Å²) in [7, 11) is 0. The van der Waals surface area contributed by atoms with E-state index in [4.69, 9.17) is 5.73 Å². The molecule has 0 aliphatic heterocycles. The van der Waals surface area contributed by atoms with E-state index in [1.807, 2.05) is 12.1 Å². The molecule has 1 aromatic heterocycles. The Morgan fingerprint density at radius 2 is 2.07 bits per heavy atom. The van der Waals surface area contributed by atoms with Gasteiger partial charge in [-0.25, -0.2) is 0 Å². The molecule has 0 bridgehead atoms. The number of aromatic nitrogens is 1. The van der Waals surface area contributed by atoms with E-state index in [0.29, 0.717) is 11.9 Å². The molecule has 0 aliphatic carbocycles. The van der Waals surface area contributed by atoms with Crippen LogP contribution in [0.1, 0.15) is 10.5 Å². The third-order valence-electron chi connectivity index (χ3n) is 2.11. The van der Waals surface area contributed by atoms with Crippen LogP contribution < -0.4 is 5.73 Å². The van der Waals surface area contributed by atoms with E-state index in [2.05, 4.69) is 0 Å². The number of benzene rings is 1. The number of fused-ring (bicyclic) bond motifs is 1. The van der Waals surface area contributed by atoms with Crippen molar-refractivity contribution in [3.05, 3.63) is 36.0 Å². The molecule has 4 nitrogen and oxygen atoms in total. The molecule has 2 N–H and O–H groups in total. The van der Waals surface area contributed by atoms with Crippen LogP contribution in [-0.4, -0.2) is 16.9 Å². The van der Waals surface area contributed by atoms with Gasteiger partial charge in [0.15, 0.2) is 0 Å². The predicted molar refractivity (Wildman–Crippen MR) is 52.6 cm³/mol. The second-order valence-corrected chi connectivity index (χ2v) is 2.93. The zero-order valence-electron chi connectivity index (χ0n) is 7.31. The average molecular weight is 188 g/mol. The maximum atomic E-state index is 11.0. The minimum atomic E-state index is -0.603. The molecule has 0 fully saturated rings. The van der Waals surface area contributed by atoms with E-state index in [1.165, 1.54) is 4.57 Å². The molecule has 4 heteroatoms. The number of carbonyl (C=O) groups is 2. The molecule has 2 rings (SSSR count). The van der Waals surface area contributed by atoms with Crippen molar-refractivity contribution in [2.75, 3.05) is 0 Å². The van der Waals surface area contributed by atoms with Gasteiger partial charge >= 0.3 is 0 Å². The summed E-state index contributed by atoms with van der Waals surface area (Å²) < 4.78 is 1.25. The Balaban J connectivity index is 2.85. The lowest BCUT2D eigenvalue weighted by Gasteiger charge is -1.96. The van der Waals surface area contributed by atoms with Crippen molar-refractivity contribution in [3.63, 3.8) is 0 Å². The summed E-state index contributed by atoms with van der Waals surface area (Å²) in [5.74, 6) is -0.603. The average Bonchev–Trinajstić information content (AvgIpc) is 2.56. The second-order valence-electron chi connectivity index (χ2n) is 2.93. The zero-order valence-corrected chi connectivity index (χ0v) is 7.31. The molecule has 0 unspecified atom stereocenters. The number of para-hydroxylation sites is 1. The third-order valence-corrected chi connectivity index (χ3v) is 2.11. The van der Waals surface area contributed by atoms with Crippen LogP contribution in [0.25, 0.3) is 10.9 Å². The normalized spacial score (nSPS) is 10.3. The van der Waals surface area contributed by atoms with Crippen LogP contribution in [0.15, 0.2) is 30.3 Å². The molecule has 1 aromatic carbocycles. The highest BCUT2D eigenvalue weighted by Gasteiger charge is 2.11. The highest BCUT2D eigenvalue weighted by atomic mass is 16.2. The molecular weight excluding hydrogens is 180 g/mol. The molecule has 0 radical (unpaired) electrons. The van der Waals surface area contributed by atoms with Crippen LogP contribution in [0.5, 0.6) is 0 Å².